The van der Waals surface area contributed by atoms with E-state index in [1.165, 1.54) is 9.94 Å². The van der Waals surface area contributed by atoms with E-state index in [9.17, 15) is 0 Å². The number of para-hydroxylation sites is 1. The first kappa shape index (κ1) is 12.1. The highest BCUT2D eigenvalue weighted by atomic mass is 32.2. The number of rotatable bonds is 0. The van der Waals surface area contributed by atoms with Crippen LogP contribution in [-0.2, 0) is 0 Å². The minimum atomic E-state index is 0.652. The Bertz CT molecular complexity index is 401. The summed E-state index contributed by atoms with van der Waals surface area (Å²) in [7, 11) is 0. The van der Waals surface area contributed by atoms with E-state index in [4.69, 9.17) is 4.99 Å². The number of thioether (sulfide) groups is 2. The number of hydrogen-bond acceptors (Lipinski definition) is 3. The fourth-order valence-electron chi connectivity index (χ4n) is 1.72. The molecule has 0 amide bonds. The molecule has 1 aromatic carbocycles. The molecule has 0 aliphatic carbocycles. The van der Waals surface area contributed by atoms with Crippen LogP contribution in [0.2, 0.25) is 0 Å². The van der Waals surface area contributed by atoms with Crippen LogP contribution in [0.5, 0.6) is 0 Å². The second-order valence-corrected chi connectivity index (χ2v) is 6.48. The Labute approximate surface area is 106 Å². The second-order valence-electron chi connectivity index (χ2n) is 4.18. The van der Waals surface area contributed by atoms with Crippen LogP contribution >= 0.6 is 23.5 Å². The summed E-state index contributed by atoms with van der Waals surface area (Å²) in [5.41, 5.74) is 1.13. The maximum Gasteiger partial charge on any atom is 0.0775 e. The Morgan fingerprint density at radius 2 is 2.06 bits per heavy atom. The van der Waals surface area contributed by atoms with Crippen molar-refractivity contribution in [1.29, 1.82) is 0 Å². The van der Waals surface area contributed by atoms with Gasteiger partial charge < -0.3 is 0 Å². The molecule has 0 N–H and O–H groups in total. The molecular weight excluding hydrogens is 234 g/mol. The minimum absolute atomic E-state index is 0.652. The van der Waals surface area contributed by atoms with Crippen molar-refractivity contribution in [2.75, 3.05) is 6.26 Å². The van der Waals surface area contributed by atoms with Gasteiger partial charge in [0.15, 0.2) is 0 Å². The van der Waals surface area contributed by atoms with E-state index in [2.05, 4.69) is 44.4 Å². The lowest BCUT2D eigenvalue weighted by Crippen LogP contribution is -2.15. The van der Waals surface area contributed by atoms with E-state index in [1.54, 1.807) is 11.8 Å². The number of fused-ring (bicyclic) bond motifs is 1. The standard InChI is InChI=1S/C13H17NS2/c1-9-8-13(15-3)14-11-6-4-5-7-12(11)16-10(9)2/h4-7,9-10H,8H2,1-3H3/b14-13+. The van der Waals surface area contributed by atoms with Crippen LogP contribution < -0.4 is 0 Å². The topological polar surface area (TPSA) is 12.4 Å². The fraction of sp³-hybridized carbons (Fsp3) is 0.462. The third kappa shape index (κ3) is 2.64. The van der Waals surface area contributed by atoms with Gasteiger partial charge in [-0.05, 0) is 30.7 Å². The van der Waals surface area contributed by atoms with Gasteiger partial charge in [-0.3, -0.25) is 0 Å². The van der Waals surface area contributed by atoms with Crippen molar-refractivity contribution in [3.05, 3.63) is 24.3 Å². The van der Waals surface area contributed by atoms with Crippen molar-refractivity contribution in [2.45, 2.75) is 30.4 Å². The zero-order valence-electron chi connectivity index (χ0n) is 9.93. The van der Waals surface area contributed by atoms with Crippen molar-refractivity contribution < 1.29 is 0 Å². The SMILES string of the molecule is CS/C1=N/c2ccccc2SC(C)C(C)C1. The zero-order valence-corrected chi connectivity index (χ0v) is 11.6. The normalized spacial score (nSPS) is 28.6. The first-order valence-corrected chi connectivity index (χ1v) is 7.68. The lowest BCUT2D eigenvalue weighted by atomic mass is 10.1. The lowest BCUT2D eigenvalue weighted by molar-refractivity contribution is 0.604. The first-order chi connectivity index (χ1) is 7.70. The summed E-state index contributed by atoms with van der Waals surface area (Å²) >= 11 is 3.73. The van der Waals surface area contributed by atoms with Crippen LogP contribution in [0.25, 0.3) is 0 Å². The van der Waals surface area contributed by atoms with Crippen molar-refractivity contribution in [3.63, 3.8) is 0 Å². The molecule has 1 aromatic rings. The molecule has 0 saturated heterocycles. The number of nitrogens with zero attached hydrogens (tertiary/aromatic N) is 1. The molecule has 2 rings (SSSR count). The molecule has 16 heavy (non-hydrogen) atoms. The van der Waals surface area contributed by atoms with Gasteiger partial charge in [0.05, 0.1) is 10.7 Å². The van der Waals surface area contributed by atoms with E-state index in [-0.39, 0.29) is 0 Å². The Morgan fingerprint density at radius 3 is 2.81 bits per heavy atom. The predicted molar refractivity (Wildman–Crippen MR) is 76.2 cm³/mol. The Morgan fingerprint density at radius 1 is 1.31 bits per heavy atom. The molecule has 1 heterocycles. The summed E-state index contributed by atoms with van der Waals surface area (Å²) in [6.07, 6.45) is 3.22. The van der Waals surface area contributed by atoms with Gasteiger partial charge in [-0.2, -0.15) is 0 Å². The monoisotopic (exact) mass is 251 g/mol. The quantitative estimate of drug-likeness (QED) is 0.668. The molecule has 0 fully saturated rings. The minimum Gasteiger partial charge on any atom is -0.245 e. The fourth-order valence-corrected chi connectivity index (χ4v) is 3.46. The molecule has 2 atom stereocenters. The highest BCUT2D eigenvalue weighted by Gasteiger charge is 2.19. The van der Waals surface area contributed by atoms with Crippen molar-refractivity contribution >= 4 is 34.3 Å². The summed E-state index contributed by atoms with van der Waals surface area (Å²) in [5.74, 6) is 0.685. The smallest absolute Gasteiger partial charge is 0.0775 e. The van der Waals surface area contributed by atoms with E-state index < -0.39 is 0 Å². The van der Waals surface area contributed by atoms with Crippen molar-refractivity contribution in [2.24, 2.45) is 10.9 Å². The molecular formula is C13H17NS2. The average molecular weight is 251 g/mol. The van der Waals surface area contributed by atoms with Gasteiger partial charge >= 0.3 is 0 Å². The summed E-state index contributed by atoms with van der Waals surface area (Å²) in [6.45, 7) is 4.63. The van der Waals surface area contributed by atoms with E-state index in [0.29, 0.717) is 11.2 Å². The summed E-state index contributed by atoms with van der Waals surface area (Å²) < 4.78 is 0. The Balaban J connectivity index is 2.42. The molecule has 3 heteroatoms. The van der Waals surface area contributed by atoms with E-state index in [0.717, 1.165) is 12.1 Å². The molecule has 0 aromatic heterocycles. The van der Waals surface area contributed by atoms with Gasteiger partial charge in [-0.1, -0.05) is 26.0 Å². The van der Waals surface area contributed by atoms with Gasteiger partial charge in [0.2, 0.25) is 0 Å². The van der Waals surface area contributed by atoms with E-state index in [1.807, 2.05) is 11.8 Å². The maximum absolute atomic E-state index is 4.76. The van der Waals surface area contributed by atoms with Crippen LogP contribution in [0, 0.1) is 5.92 Å². The van der Waals surface area contributed by atoms with Crippen LogP contribution in [0.15, 0.2) is 34.2 Å². The van der Waals surface area contributed by atoms with Gasteiger partial charge in [-0.25, -0.2) is 4.99 Å². The molecule has 0 spiro atoms. The number of hydrogen-bond donors (Lipinski definition) is 0. The summed E-state index contributed by atoms with van der Waals surface area (Å²) in [5, 5.41) is 1.91. The largest absolute Gasteiger partial charge is 0.245 e. The van der Waals surface area contributed by atoms with Crippen LogP contribution in [0.4, 0.5) is 5.69 Å². The Hall–Kier alpha value is -0.410. The number of benzene rings is 1. The van der Waals surface area contributed by atoms with Gasteiger partial charge in [-0.15, -0.1) is 23.5 Å². The third-order valence-corrected chi connectivity index (χ3v) is 5.12. The molecule has 0 saturated carbocycles. The second kappa shape index (κ2) is 5.28. The maximum atomic E-state index is 4.76. The highest BCUT2D eigenvalue weighted by molar-refractivity contribution is 8.13. The summed E-state index contributed by atoms with van der Waals surface area (Å²) in [4.78, 5) is 6.07. The van der Waals surface area contributed by atoms with Gasteiger partial charge in [0.25, 0.3) is 0 Å². The molecule has 0 radical (unpaired) electrons. The van der Waals surface area contributed by atoms with Crippen LogP contribution in [-0.4, -0.2) is 16.5 Å². The number of aliphatic imine (C=N–C) groups is 1. The van der Waals surface area contributed by atoms with Crippen molar-refractivity contribution in [3.8, 4) is 0 Å². The van der Waals surface area contributed by atoms with Crippen LogP contribution in [0.1, 0.15) is 20.3 Å². The molecule has 1 aliphatic heterocycles. The predicted octanol–water partition coefficient (Wildman–Crippen LogP) is 4.60. The molecule has 86 valence electrons. The zero-order chi connectivity index (χ0) is 11.5. The van der Waals surface area contributed by atoms with E-state index >= 15 is 0 Å². The molecule has 1 aliphatic rings. The van der Waals surface area contributed by atoms with Crippen LogP contribution in [0.3, 0.4) is 0 Å². The van der Waals surface area contributed by atoms with Gasteiger partial charge in [0.1, 0.15) is 0 Å². The molecule has 0 bridgehead atoms. The van der Waals surface area contributed by atoms with Crippen molar-refractivity contribution in [1.82, 2.24) is 0 Å². The molecule has 2 unspecified atom stereocenters. The first-order valence-electron chi connectivity index (χ1n) is 5.58. The average Bonchev–Trinajstić information content (AvgIpc) is 2.28. The highest BCUT2D eigenvalue weighted by Crippen LogP contribution is 2.38. The Kier molecular flexibility index (Phi) is 3.98. The summed E-state index contributed by atoms with van der Waals surface area (Å²) in [6, 6.07) is 8.45. The van der Waals surface area contributed by atoms with Gasteiger partial charge in [0, 0.05) is 10.1 Å². The third-order valence-electron chi connectivity index (χ3n) is 2.96. The lowest BCUT2D eigenvalue weighted by Gasteiger charge is -2.23. The molecule has 1 nitrogen and oxygen atoms in total.